The average Bonchev–Trinajstić information content (AvgIpc) is 2.05. The zero-order chi connectivity index (χ0) is 7.40. The van der Waals surface area contributed by atoms with E-state index in [-0.39, 0.29) is 6.73 Å². The van der Waals surface area contributed by atoms with E-state index in [2.05, 4.69) is 6.92 Å². The lowest BCUT2D eigenvalue weighted by Gasteiger charge is -1.92. The van der Waals surface area contributed by atoms with Crippen molar-refractivity contribution < 1.29 is 9.67 Å². The topological polar surface area (TPSA) is 24.1 Å². The fourth-order valence-corrected chi connectivity index (χ4v) is 0.818. The molecule has 1 rings (SSSR count). The minimum absolute atomic E-state index is 0.0595. The summed E-state index contributed by atoms with van der Waals surface area (Å²) in [6.07, 6.45) is 4.80. The fraction of sp³-hybridized carbons (Fsp3) is 0.375. The van der Waals surface area contributed by atoms with Crippen molar-refractivity contribution in [2.45, 2.75) is 20.1 Å². The van der Waals surface area contributed by atoms with Crippen LogP contribution in [0, 0.1) is 0 Å². The molecule has 10 heavy (non-hydrogen) atoms. The summed E-state index contributed by atoms with van der Waals surface area (Å²) < 4.78 is 1.72. The molecule has 1 heterocycles. The Kier molecular flexibility index (Phi) is 2.40. The van der Waals surface area contributed by atoms with Gasteiger partial charge in [-0.3, -0.25) is 0 Å². The van der Waals surface area contributed by atoms with Gasteiger partial charge in [0, 0.05) is 12.1 Å². The van der Waals surface area contributed by atoms with E-state index in [1.165, 1.54) is 5.56 Å². The van der Waals surface area contributed by atoms with E-state index in [0.29, 0.717) is 0 Å². The smallest absolute Gasteiger partial charge is 0.250 e. The highest BCUT2D eigenvalue weighted by Crippen LogP contribution is 1.93. The van der Waals surface area contributed by atoms with E-state index in [0.717, 1.165) is 6.42 Å². The minimum atomic E-state index is 0.0595. The van der Waals surface area contributed by atoms with Crippen LogP contribution in [0.1, 0.15) is 12.5 Å². The number of nitrogens with zero attached hydrogens (tertiary/aromatic N) is 1. The molecule has 0 amide bonds. The molecule has 0 aromatic carbocycles. The number of aromatic nitrogens is 1. The fourth-order valence-electron chi connectivity index (χ4n) is 0.818. The lowest BCUT2D eigenvalue weighted by atomic mass is 10.2. The summed E-state index contributed by atoms with van der Waals surface area (Å²) >= 11 is 0. The normalized spacial score (nSPS) is 9.80. The number of pyridine rings is 1. The summed E-state index contributed by atoms with van der Waals surface area (Å²) in [6, 6.07) is 4.02. The Morgan fingerprint density at radius 3 is 2.40 bits per heavy atom. The van der Waals surface area contributed by atoms with E-state index in [9.17, 15) is 0 Å². The van der Waals surface area contributed by atoms with Gasteiger partial charge in [0.1, 0.15) is 0 Å². The number of aliphatic hydroxyl groups excluding tert-OH is 1. The molecule has 54 valence electrons. The molecule has 0 aliphatic heterocycles. The van der Waals surface area contributed by atoms with Crippen molar-refractivity contribution in [2.75, 3.05) is 0 Å². The molecule has 1 aromatic heterocycles. The average molecular weight is 138 g/mol. The molecule has 0 saturated carbocycles. The van der Waals surface area contributed by atoms with Gasteiger partial charge < -0.3 is 5.11 Å². The van der Waals surface area contributed by atoms with Gasteiger partial charge in [-0.25, -0.2) is 0 Å². The number of hydrogen-bond acceptors (Lipinski definition) is 1. The zero-order valence-corrected chi connectivity index (χ0v) is 6.12. The van der Waals surface area contributed by atoms with Crippen molar-refractivity contribution in [3.8, 4) is 0 Å². The van der Waals surface area contributed by atoms with Crippen molar-refractivity contribution in [3.05, 3.63) is 30.1 Å². The Morgan fingerprint density at radius 2 is 2.00 bits per heavy atom. The lowest BCUT2D eigenvalue weighted by Crippen LogP contribution is -2.32. The molecule has 0 radical (unpaired) electrons. The molecule has 0 atom stereocenters. The van der Waals surface area contributed by atoms with Gasteiger partial charge in [0.25, 0.3) is 0 Å². The quantitative estimate of drug-likeness (QED) is 0.591. The number of rotatable bonds is 2. The minimum Gasteiger partial charge on any atom is -0.339 e. The van der Waals surface area contributed by atoms with Crippen LogP contribution in [0.2, 0.25) is 0 Å². The Morgan fingerprint density at radius 1 is 1.40 bits per heavy atom. The van der Waals surface area contributed by atoms with Gasteiger partial charge in [-0.05, 0) is 12.0 Å². The van der Waals surface area contributed by atoms with Crippen molar-refractivity contribution in [1.29, 1.82) is 0 Å². The maximum absolute atomic E-state index is 8.66. The maximum Gasteiger partial charge on any atom is 0.250 e. The lowest BCUT2D eigenvalue weighted by molar-refractivity contribution is -0.730. The van der Waals surface area contributed by atoms with Gasteiger partial charge in [0.2, 0.25) is 6.73 Å². The van der Waals surface area contributed by atoms with Crippen molar-refractivity contribution >= 4 is 0 Å². The Labute approximate surface area is 60.8 Å². The molecule has 0 spiro atoms. The van der Waals surface area contributed by atoms with E-state index in [1.54, 1.807) is 4.57 Å². The number of aryl methyl sites for hydroxylation is 1. The Hall–Kier alpha value is -0.890. The Bertz CT molecular complexity index is 170. The molecule has 1 N–H and O–H groups in total. The van der Waals surface area contributed by atoms with E-state index < -0.39 is 0 Å². The third-order valence-corrected chi connectivity index (χ3v) is 1.53. The number of aliphatic hydroxyl groups is 1. The SMILES string of the molecule is CCc1cc[n+](CO)cc1. The van der Waals surface area contributed by atoms with Gasteiger partial charge in [-0.1, -0.05) is 6.92 Å². The van der Waals surface area contributed by atoms with Crippen LogP contribution >= 0.6 is 0 Å². The third kappa shape index (κ3) is 1.54. The van der Waals surface area contributed by atoms with Gasteiger partial charge in [-0.2, -0.15) is 4.57 Å². The van der Waals surface area contributed by atoms with Crippen LogP contribution in [0.5, 0.6) is 0 Å². The third-order valence-electron chi connectivity index (χ3n) is 1.53. The summed E-state index contributed by atoms with van der Waals surface area (Å²) in [7, 11) is 0. The molecule has 2 heteroatoms. The van der Waals surface area contributed by atoms with E-state index in [1.807, 2.05) is 24.5 Å². The second kappa shape index (κ2) is 3.32. The second-order valence-electron chi connectivity index (χ2n) is 2.22. The van der Waals surface area contributed by atoms with Crippen molar-refractivity contribution in [2.24, 2.45) is 0 Å². The maximum atomic E-state index is 8.66. The summed E-state index contributed by atoms with van der Waals surface area (Å²) in [5, 5.41) is 8.66. The highest BCUT2D eigenvalue weighted by molar-refractivity contribution is 5.06. The first kappa shape index (κ1) is 7.22. The molecule has 0 aliphatic carbocycles. The van der Waals surface area contributed by atoms with Crippen LogP contribution < -0.4 is 4.57 Å². The van der Waals surface area contributed by atoms with E-state index >= 15 is 0 Å². The van der Waals surface area contributed by atoms with Crippen LogP contribution in [-0.2, 0) is 13.2 Å². The van der Waals surface area contributed by atoms with Gasteiger partial charge in [-0.15, -0.1) is 0 Å². The highest BCUT2D eigenvalue weighted by Gasteiger charge is 1.94. The summed E-state index contributed by atoms with van der Waals surface area (Å²) in [4.78, 5) is 0. The predicted molar refractivity (Wildman–Crippen MR) is 38.2 cm³/mol. The van der Waals surface area contributed by atoms with Crippen molar-refractivity contribution in [1.82, 2.24) is 0 Å². The summed E-state index contributed by atoms with van der Waals surface area (Å²) in [6.45, 7) is 2.17. The van der Waals surface area contributed by atoms with Crippen LogP contribution in [-0.4, -0.2) is 5.11 Å². The first-order chi connectivity index (χ1) is 4.86. The number of hydrogen-bond donors (Lipinski definition) is 1. The van der Waals surface area contributed by atoms with Gasteiger partial charge in [0.05, 0.1) is 0 Å². The van der Waals surface area contributed by atoms with Gasteiger partial charge >= 0.3 is 0 Å². The molecule has 1 aromatic rings. The largest absolute Gasteiger partial charge is 0.339 e. The summed E-state index contributed by atoms with van der Waals surface area (Å²) in [5.41, 5.74) is 1.30. The molecule has 0 aliphatic rings. The second-order valence-corrected chi connectivity index (χ2v) is 2.22. The molecule has 0 unspecified atom stereocenters. The molecule has 0 saturated heterocycles. The van der Waals surface area contributed by atoms with Crippen LogP contribution in [0.15, 0.2) is 24.5 Å². The molecule has 2 nitrogen and oxygen atoms in total. The molecule has 0 fully saturated rings. The highest BCUT2D eigenvalue weighted by atomic mass is 16.3. The summed E-state index contributed by atoms with van der Waals surface area (Å²) in [5.74, 6) is 0. The molecule has 0 bridgehead atoms. The zero-order valence-electron chi connectivity index (χ0n) is 6.12. The van der Waals surface area contributed by atoms with Gasteiger partial charge in [0.15, 0.2) is 12.4 Å². The predicted octanol–water partition coefficient (Wildman–Crippen LogP) is 0.486. The first-order valence-electron chi connectivity index (χ1n) is 3.45. The monoisotopic (exact) mass is 138 g/mol. The van der Waals surface area contributed by atoms with Crippen LogP contribution in [0.3, 0.4) is 0 Å². The van der Waals surface area contributed by atoms with Crippen LogP contribution in [0.4, 0.5) is 0 Å². The first-order valence-corrected chi connectivity index (χ1v) is 3.45. The standard InChI is InChI=1S/C8H12NO/c1-2-8-3-5-9(7-10)6-4-8/h3-6,10H,2,7H2,1H3/q+1. The molecular formula is C8H12NO+. The van der Waals surface area contributed by atoms with E-state index in [4.69, 9.17) is 5.11 Å². The molecular weight excluding hydrogens is 126 g/mol. The van der Waals surface area contributed by atoms with Crippen LogP contribution in [0.25, 0.3) is 0 Å². The van der Waals surface area contributed by atoms with Crippen molar-refractivity contribution in [3.63, 3.8) is 0 Å². The Balaban J connectivity index is 2.80.